The van der Waals surface area contributed by atoms with Crippen LogP contribution in [0.3, 0.4) is 0 Å². The molecule has 2 N–H and O–H groups in total. The number of hydrogen-bond donors (Lipinski definition) is 2. The van der Waals surface area contributed by atoms with E-state index >= 15 is 0 Å². The molecule has 1 unspecified atom stereocenters. The Balaban J connectivity index is 2.06. The van der Waals surface area contributed by atoms with E-state index in [4.69, 9.17) is 9.47 Å². The fourth-order valence-corrected chi connectivity index (χ4v) is 4.01. The Kier molecular flexibility index (Phi) is 8.93. The second kappa shape index (κ2) is 11.2. The fourth-order valence-electron chi connectivity index (χ4n) is 4.01. The molecule has 1 aromatic carbocycles. The number of nitrogens with one attached hydrogen (secondary N) is 2. The minimum absolute atomic E-state index is 0.0430. The van der Waals surface area contributed by atoms with E-state index in [-0.39, 0.29) is 41.9 Å². The predicted octanol–water partition coefficient (Wildman–Crippen LogP) is 2.32. The predicted molar refractivity (Wildman–Crippen MR) is 109 cm³/mol. The Bertz CT molecular complexity index is 616. The van der Waals surface area contributed by atoms with Crippen LogP contribution in [0.25, 0.3) is 0 Å². The first-order valence-electron chi connectivity index (χ1n) is 10.1. The van der Waals surface area contributed by atoms with Gasteiger partial charge in [0.15, 0.2) is 0 Å². The van der Waals surface area contributed by atoms with E-state index in [1.807, 2.05) is 44.2 Å². The van der Waals surface area contributed by atoms with Crippen molar-refractivity contribution in [2.24, 2.45) is 11.8 Å². The van der Waals surface area contributed by atoms with E-state index in [1.165, 1.54) is 7.11 Å². The molecule has 1 aliphatic rings. The maximum absolute atomic E-state index is 13.0. The SMILES string of the molecule is COC(=O)C(C)C[C@H](Cc1ccccc1)NC(=O)[C@H](C)[C@@H](OC)[C@@H]1CCCN1. The van der Waals surface area contributed by atoms with E-state index in [0.717, 1.165) is 24.9 Å². The van der Waals surface area contributed by atoms with Crippen LogP contribution in [0.5, 0.6) is 0 Å². The lowest BCUT2D eigenvalue weighted by Crippen LogP contribution is -2.49. The van der Waals surface area contributed by atoms with E-state index < -0.39 is 0 Å². The minimum Gasteiger partial charge on any atom is -0.469 e. The van der Waals surface area contributed by atoms with Crippen LogP contribution < -0.4 is 10.6 Å². The quantitative estimate of drug-likeness (QED) is 0.600. The lowest BCUT2D eigenvalue weighted by molar-refractivity contribution is -0.145. The molecule has 156 valence electrons. The molecule has 1 fully saturated rings. The summed E-state index contributed by atoms with van der Waals surface area (Å²) in [4.78, 5) is 24.9. The van der Waals surface area contributed by atoms with E-state index in [9.17, 15) is 9.59 Å². The molecule has 0 aromatic heterocycles. The van der Waals surface area contributed by atoms with Crippen molar-refractivity contribution in [1.82, 2.24) is 10.6 Å². The molecule has 1 heterocycles. The topological polar surface area (TPSA) is 76.7 Å². The summed E-state index contributed by atoms with van der Waals surface area (Å²) in [6, 6.07) is 10.0. The van der Waals surface area contributed by atoms with E-state index in [0.29, 0.717) is 12.8 Å². The normalized spacial score (nSPS) is 20.8. The van der Waals surface area contributed by atoms with Crippen LogP contribution in [0.4, 0.5) is 0 Å². The highest BCUT2D eigenvalue weighted by Gasteiger charge is 2.34. The second-order valence-electron chi connectivity index (χ2n) is 7.75. The van der Waals surface area contributed by atoms with Crippen molar-refractivity contribution in [1.29, 1.82) is 0 Å². The maximum Gasteiger partial charge on any atom is 0.308 e. The number of ether oxygens (including phenoxy) is 2. The average molecular weight is 391 g/mol. The zero-order chi connectivity index (χ0) is 20.5. The number of rotatable bonds is 10. The maximum atomic E-state index is 13.0. The van der Waals surface area contributed by atoms with Crippen molar-refractivity contribution in [3.63, 3.8) is 0 Å². The second-order valence-corrected chi connectivity index (χ2v) is 7.75. The monoisotopic (exact) mass is 390 g/mol. The van der Waals surface area contributed by atoms with Crippen LogP contribution in [-0.2, 0) is 25.5 Å². The highest BCUT2D eigenvalue weighted by atomic mass is 16.5. The minimum atomic E-state index is -0.288. The van der Waals surface area contributed by atoms with Crippen molar-refractivity contribution in [3.05, 3.63) is 35.9 Å². The Morgan fingerprint density at radius 1 is 1.21 bits per heavy atom. The number of esters is 1. The smallest absolute Gasteiger partial charge is 0.308 e. The van der Waals surface area contributed by atoms with Crippen molar-refractivity contribution in [2.75, 3.05) is 20.8 Å². The molecule has 6 heteroatoms. The summed E-state index contributed by atoms with van der Waals surface area (Å²) in [6.07, 6.45) is 3.15. The molecule has 0 spiro atoms. The molecular formula is C22H34N2O4. The van der Waals surface area contributed by atoms with Gasteiger partial charge in [-0.3, -0.25) is 9.59 Å². The largest absolute Gasteiger partial charge is 0.469 e. The van der Waals surface area contributed by atoms with Crippen molar-refractivity contribution >= 4 is 11.9 Å². The van der Waals surface area contributed by atoms with Crippen molar-refractivity contribution in [2.45, 2.75) is 57.7 Å². The van der Waals surface area contributed by atoms with Crippen LogP contribution in [0.15, 0.2) is 30.3 Å². The molecule has 1 aromatic rings. The highest BCUT2D eigenvalue weighted by molar-refractivity contribution is 5.79. The Morgan fingerprint density at radius 3 is 2.50 bits per heavy atom. The number of methoxy groups -OCH3 is 2. The summed E-state index contributed by atoms with van der Waals surface area (Å²) < 4.78 is 10.5. The standard InChI is InChI=1S/C22H34N2O4/c1-15(22(26)28-4)13-18(14-17-9-6-5-7-10-17)24-21(25)16(2)20(27-3)19-11-8-12-23-19/h5-7,9-10,15-16,18-20,23H,8,11-14H2,1-4H3,(H,24,25)/t15?,16-,18-,19+,20-/m1/s1. The van der Waals surface area contributed by atoms with Crippen molar-refractivity contribution in [3.8, 4) is 0 Å². The van der Waals surface area contributed by atoms with Crippen LogP contribution in [-0.4, -0.2) is 50.8 Å². The molecule has 5 atom stereocenters. The zero-order valence-corrected chi connectivity index (χ0v) is 17.4. The van der Waals surface area contributed by atoms with Gasteiger partial charge in [-0.2, -0.15) is 0 Å². The first-order valence-corrected chi connectivity index (χ1v) is 10.1. The third-order valence-electron chi connectivity index (χ3n) is 5.59. The summed E-state index contributed by atoms with van der Waals surface area (Å²) in [5, 5.41) is 6.58. The molecule has 28 heavy (non-hydrogen) atoms. The highest BCUT2D eigenvalue weighted by Crippen LogP contribution is 2.20. The Labute approximate surface area is 168 Å². The molecule has 2 rings (SSSR count). The third kappa shape index (κ3) is 6.31. The molecule has 1 amide bonds. The first kappa shape index (κ1) is 22.4. The number of carbonyl (C=O) groups is 2. The number of hydrogen-bond acceptors (Lipinski definition) is 5. The van der Waals surface area contributed by atoms with E-state index in [1.54, 1.807) is 7.11 Å². The van der Waals surface area contributed by atoms with Gasteiger partial charge in [-0.25, -0.2) is 0 Å². The van der Waals surface area contributed by atoms with Crippen LogP contribution >= 0.6 is 0 Å². The summed E-state index contributed by atoms with van der Waals surface area (Å²) >= 11 is 0. The number of carbonyl (C=O) groups excluding carboxylic acids is 2. The van der Waals surface area contributed by atoms with Crippen LogP contribution in [0.1, 0.15) is 38.7 Å². The van der Waals surface area contributed by atoms with Gasteiger partial charge in [0, 0.05) is 19.2 Å². The summed E-state index contributed by atoms with van der Waals surface area (Å²) in [7, 11) is 3.05. The van der Waals surface area contributed by atoms with Gasteiger partial charge in [-0.15, -0.1) is 0 Å². The van der Waals surface area contributed by atoms with Crippen molar-refractivity contribution < 1.29 is 19.1 Å². The Morgan fingerprint density at radius 2 is 1.93 bits per heavy atom. The molecule has 6 nitrogen and oxygen atoms in total. The lowest BCUT2D eigenvalue weighted by atomic mass is 9.93. The molecular weight excluding hydrogens is 356 g/mol. The van der Waals surface area contributed by atoms with Crippen LogP contribution in [0, 0.1) is 11.8 Å². The van der Waals surface area contributed by atoms with Crippen LogP contribution in [0.2, 0.25) is 0 Å². The van der Waals surface area contributed by atoms with Gasteiger partial charge in [0.1, 0.15) is 0 Å². The molecule has 1 aliphatic heterocycles. The molecule has 0 aliphatic carbocycles. The molecule has 0 saturated carbocycles. The first-order chi connectivity index (χ1) is 13.5. The van der Waals surface area contributed by atoms with Gasteiger partial charge in [-0.05, 0) is 37.8 Å². The fraction of sp³-hybridized carbons (Fsp3) is 0.636. The zero-order valence-electron chi connectivity index (χ0n) is 17.4. The van der Waals surface area contributed by atoms with Gasteiger partial charge in [0.25, 0.3) is 0 Å². The molecule has 0 bridgehead atoms. The number of benzene rings is 1. The third-order valence-corrected chi connectivity index (χ3v) is 5.59. The lowest BCUT2D eigenvalue weighted by Gasteiger charge is -2.29. The Hall–Kier alpha value is -1.92. The molecule has 1 saturated heterocycles. The summed E-state index contributed by atoms with van der Waals surface area (Å²) in [6.45, 7) is 4.71. The summed E-state index contributed by atoms with van der Waals surface area (Å²) in [5.41, 5.74) is 1.12. The van der Waals surface area contributed by atoms with E-state index in [2.05, 4.69) is 10.6 Å². The van der Waals surface area contributed by atoms with Gasteiger partial charge >= 0.3 is 5.97 Å². The van der Waals surface area contributed by atoms with Gasteiger partial charge in [-0.1, -0.05) is 44.2 Å². The number of amides is 1. The van der Waals surface area contributed by atoms with Gasteiger partial charge < -0.3 is 20.1 Å². The average Bonchev–Trinajstić information content (AvgIpc) is 3.22. The van der Waals surface area contributed by atoms with Gasteiger partial charge in [0.2, 0.25) is 5.91 Å². The van der Waals surface area contributed by atoms with Gasteiger partial charge in [0.05, 0.1) is 25.0 Å². The molecule has 0 radical (unpaired) electrons. The summed E-state index contributed by atoms with van der Waals surface area (Å²) in [5.74, 6) is -0.875.